The Morgan fingerprint density at radius 2 is 1.46 bits per heavy atom. The highest BCUT2D eigenvalue weighted by molar-refractivity contribution is 7.47. The van der Waals surface area contributed by atoms with Gasteiger partial charge in [-0.15, -0.1) is 0 Å². The van der Waals surface area contributed by atoms with Crippen molar-refractivity contribution in [2.24, 2.45) is 5.73 Å². The van der Waals surface area contributed by atoms with Gasteiger partial charge >= 0.3 is 19.8 Å². The summed E-state index contributed by atoms with van der Waals surface area (Å²) in [5.41, 5.74) is 5.26. The Morgan fingerprint density at radius 1 is 0.838 bits per heavy atom. The van der Waals surface area contributed by atoms with Crippen molar-refractivity contribution in [2.75, 3.05) is 26.4 Å². The van der Waals surface area contributed by atoms with Crippen molar-refractivity contribution in [2.45, 2.75) is 84.2 Å². The first kappa shape index (κ1) is 35.0. The first-order valence-electron chi connectivity index (χ1n) is 13.1. The van der Waals surface area contributed by atoms with Gasteiger partial charge in [0.15, 0.2) is 6.10 Å². The molecule has 37 heavy (non-hydrogen) atoms. The lowest BCUT2D eigenvalue weighted by molar-refractivity contribution is -0.161. The third kappa shape index (κ3) is 24.1. The maximum Gasteiger partial charge on any atom is 0.472 e. The van der Waals surface area contributed by atoms with Crippen LogP contribution in [0.25, 0.3) is 0 Å². The number of phosphoric ester groups is 1. The van der Waals surface area contributed by atoms with Crippen LogP contribution in [-0.2, 0) is 32.7 Å². The number of nitrogens with two attached hydrogens (primary N) is 1. The fourth-order valence-corrected chi connectivity index (χ4v) is 3.59. The van der Waals surface area contributed by atoms with Crippen LogP contribution in [0, 0.1) is 0 Å². The molecule has 3 N–H and O–H groups in total. The first-order chi connectivity index (χ1) is 17.8. The van der Waals surface area contributed by atoms with E-state index in [1.165, 1.54) is 0 Å². The van der Waals surface area contributed by atoms with Gasteiger partial charge in [0.05, 0.1) is 13.2 Å². The van der Waals surface area contributed by atoms with Gasteiger partial charge in [0.1, 0.15) is 6.61 Å². The number of hydrogen-bond acceptors (Lipinski definition) is 8. The highest BCUT2D eigenvalue weighted by atomic mass is 31.2. The molecule has 0 amide bonds. The van der Waals surface area contributed by atoms with Gasteiger partial charge in [-0.2, -0.15) is 0 Å². The van der Waals surface area contributed by atoms with Gasteiger partial charge in [0.25, 0.3) is 0 Å². The summed E-state index contributed by atoms with van der Waals surface area (Å²) in [7, 11) is -4.36. The van der Waals surface area contributed by atoms with Crippen molar-refractivity contribution in [1.82, 2.24) is 0 Å². The van der Waals surface area contributed by atoms with Crippen LogP contribution in [0.3, 0.4) is 0 Å². The molecule has 0 aromatic rings. The maximum atomic E-state index is 12.2. The number of allylic oxidation sites excluding steroid dienone is 8. The lowest BCUT2D eigenvalue weighted by Crippen LogP contribution is -2.29. The van der Waals surface area contributed by atoms with Crippen molar-refractivity contribution >= 4 is 19.8 Å². The van der Waals surface area contributed by atoms with E-state index in [2.05, 4.69) is 47.9 Å². The number of esters is 2. The number of hydrogen-bond donors (Lipinski definition) is 2. The van der Waals surface area contributed by atoms with Crippen molar-refractivity contribution < 1.29 is 37.6 Å². The summed E-state index contributed by atoms with van der Waals surface area (Å²) >= 11 is 0. The average Bonchev–Trinajstić information content (AvgIpc) is 2.87. The molecule has 0 aliphatic heterocycles. The standard InChI is InChI=1S/C27H46NO8P/c1-3-5-7-8-9-10-11-12-13-14-15-16-18-20-27(30)36-25(23-33-26(29)19-17-6-4-2)24-35-37(31,32)34-22-21-28/h5,7,9-10,12-13,15-16,25H,3-4,6,8,11,14,17-24,28H2,1-2H3,(H,31,32)/b7-5-,10-9-,13-12-,16-15-. The molecule has 0 spiro atoms. The summed E-state index contributed by atoms with van der Waals surface area (Å²) in [6.07, 6.45) is 22.6. The van der Waals surface area contributed by atoms with Crippen LogP contribution in [0.2, 0.25) is 0 Å². The molecule has 0 saturated heterocycles. The molecule has 9 nitrogen and oxygen atoms in total. The largest absolute Gasteiger partial charge is 0.472 e. The van der Waals surface area contributed by atoms with E-state index < -0.39 is 32.5 Å². The second-order valence-electron chi connectivity index (χ2n) is 8.18. The molecule has 2 atom stereocenters. The molecule has 0 radical (unpaired) electrons. The second kappa shape index (κ2) is 24.3. The zero-order chi connectivity index (χ0) is 27.6. The Kier molecular flexibility index (Phi) is 23.0. The van der Waals surface area contributed by atoms with Crippen LogP contribution in [0.1, 0.15) is 78.1 Å². The highest BCUT2D eigenvalue weighted by Gasteiger charge is 2.25. The topological polar surface area (TPSA) is 134 Å². The van der Waals surface area contributed by atoms with Gasteiger partial charge in [0, 0.05) is 19.4 Å². The van der Waals surface area contributed by atoms with E-state index in [9.17, 15) is 19.0 Å². The number of unbranched alkanes of at least 4 members (excludes halogenated alkanes) is 2. The minimum atomic E-state index is -4.36. The van der Waals surface area contributed by atoms with Crippen molar-refractivity contribution in [3.05, 3.63) is 48.6 Å². The number of ether oxygens (including phenoxy) is 2. The summed E-state index contributed by atoms with van der Waals surface area (Å²) in [4.78, 5) is 33.8. The van der Waals surface area contributed by atoms with E-state index in [0.717, 1.165) is 38.5 Å². The van der Waals surface area contributed by atoms with E-state index in [1.807, 2.05) is 19.1 Å². The fourth-order valence-electron chi connectivity index (χ4n) is 2.82. The van der Waals surface area contributed by atoms with E-state index in [0.29, 0.717) is 12.8 Å². The van der Waals surface area contributed by atoms with Gasteiger partial charge in [-0.3, -0.25) is 18.6 Å². The molecule has 212 valence electrons. The molecule has 0 aromatic heterocycles. The van der Waals surface area contributed by atoms with E-state index >= 15 is 0 Å². The normalized spacial score (nSPS) is 14.6. The summed E-state index contributed by atoms with van der Waals surface area (Å²) in [6, 6.07) is 0. The molecule has 0 aromatic carbocycles. The molecule has 2 unspecified atom stereocenters. The van der Waals surface area contributed by atoms with E-state index in [4.69, 9.17) is 19.7 Å². The van der Waals surface area contributed by atoms with Crippen LogP contribution in [0.5, 0.6) is 0 Å². The Labute approximate surface area is 222 Å². The molecule has 0 bridgehead atoms. The highest BCUT2D eigenvalue weighted by Crippen LogP contribution is 2.43. The second-order valence-corrected chi connectivity index (χ2v) is 9.63. The molecule has 0 aliphatic carbocycles. The third-order valence-electron chi connectivity index (χ3n) is 4.74. The van der Waals surface area contributed by atoms with Crippen LogP contribution in [0.15, 0.2) is 48.6 Å². The van der Waals surface area contributed by atoms with Crippen molar-refractivity contribution in [3.63, 3.8) is 0 Å². The molecule has 0 saturated carbocycles. The summed E-state index contributed by atoms with van der Waals surface area (Å²) in [5, 5.41) is 0. The smallest absolute Gasteiger partial charge is 0.462 e. The lowest BCUT2D eigenvalue weighted by atomic mass is 10.2. The third-order valence-corrected chi connectivity index (χ3v) is 5.73. The Bertz CT molecular complexity index is 764. The van der Waals surface area contributed by atoms with E-state index in [1.54, 1.807) is 0 Å². The Hall–Kier alpha value is -2.03. The zero-order valence-corrected chi connectivity index (χ0v) is 23.3. The minimum absolute atomic E-state index is 0.0407. The quantitative estimate of drug-likeness (QED) is 0.0720. The summed E-state index contributed by atoms with van der Waals surface area (Å²) < 4.78 is 31.9. The monoisotopic (exact) mass is 543 g/mol. The van der Waals surface area contributed by atoms with Crippen LogP contribution < -0.4 is 5.73 Å². The molecule has 0 heterocycles. The van der Waals surface area contributed by atoms with E-state index in [-0.39, 0.29) is 32.6 Å². The lowest BCUT2D eigenvalue weighted by Gasteiger charge is -2.19. The van der Waals surface area contributed by atoms with Crippen LogP contribution in [-0.4, -0.2) is 49.3 Å². The first-order valence-corrected chi connectivity index (χ1v) is 14.6. The number of carbonyl (C=O) groups is 2. The SMILES string of the molecule is CC/C=C\C/C=C\C/C=C\C/C=C\CCC(=O)OC(COC(=O)CCCCC)COP(=O)(O)OCCN. The zero-order valence-electron chi connectivity index (χ0n) is 22.4. The summed E-state index contributed by atoms with van der Waals surface area (Å²) in [6.45, 7) is 3.27. The Morgan fingerprint density at radius 3 is 2.05 bits per heavy atom. The number of carbonyl (C=O) groups excluding carboxylic acids is 2. The molecule has 10 heteroatoms. The number of rotatable bonds is 23. The van der Waals surface area contributed by atoms with Gasteiger partial charge in [-0.25, -0.2) is 4.57 Å². The van der Waals surface area contributed by atoms with Gasteiger partial charge in [-0.05, 0) is 38.5 Å². The minimum Gasteiger partial charge on any atom is -0.462 e. The molecular weight excluding hydrogens is 497 g/mol. The van der Waals surface area contributed by atoms with Crippen molar-refractivity contribution in [1.29, 1.82) is 0 Å². The van der Waals surface area contributed by atoms with Crippen LogP contribution >= 0.6 is 7.82 Å². The molecular formula is C27H46NO8P. The summed E-state index contributed by atoms with van der Waals surface area (Å²) in [5.74, 6) is -0.963. The van der Waals surface area contributed by atoms with Crippen molar-refractivity contribution in [3.8, 4) is 0 Å². The molecule has 0 fully saturated rings. The molecule has 0 aliphatic rings. The molecule has 0 rings (SSSR count). The Balaban J connectivity index is 4.47. The van der Waals surface area contributed by atoms with Crippen LogP contribution in [0.4, 0.5) is 0 Å². The van der Waals surface area contributed by atoms with Gasteiger partial charge < -0.3 is 20.1 Å². The average molecular weight is 544 g/mol. The predicted octanol–water partition coefficient (Wildman–Crippen LogP) is 5.70. The van der Waals surface area contributed by atoms with Gasteiger partial charge in [0.2, 0.25) is 0 Å². The fraction of sp³-hybridized carbons (Fsp3) is 0.630. The predicted molar refractivity (Wildman–Crippen MR) is 146 cm³/mol. The maximum absolute atomic E-state index is 12.2. The number of phosphoric acid groups is 1. The van der Waals surface area contributed by atoms with Gasteiger partial charge in [-0.1, -0.05) is 75.3 Å².